The number of hydrogen-bond acceptors (Lipinski definition) is 1. The van der Waals surface area contributed by atoms with Gasteiger partial charge in [0.2, 0.25) is 0 Å². The van der Waals surface area contributed by atoms with E-state index >= 15 is 0 Å². The highest BCUT2D eigenvalue weighted by molar-refractivity contribution is 5.81. The maximum Gasteiger partial charge on any atom is 0.416 e. The normalized spacial score (nSPS) is 16.4. The van der Waals surface area contributed by atoms with E-state index < -0.39 is 11.7 Å². The molecule has 0 radical (unpaired) electrons. The number of hydrogen-bond donors (Lipinski definition) is 0. The minimum Gasteiger partial charge on any atom is -0.299 e. The molecule has 1 saturated carbocycles. The Kier molecular flexibility index (Phi) is 3.73. The zero-order chi connectivity index (χ0) is 13.2. The minimum atomic E-state index is -4.31. The van der Waals surface area contributed by atoms with Crippen molar-refractivity contribution in [1.82, 2.24) is 0 Å². The molecule has 1 nitrogen and oxygen atoms in total. The van der Waals surface area contributed by atoms with Crippen molar-refractivity contribution in [2.45, 2.75) is 38.3 Å². The summed E-state index contributed by atoms with van der Waals surface area (Å²) in [5.41, 5.74) is -0.00925. The fourth-order valence-electron chi connectivity index (χ4n) is 2.13. The van der Waals surface area contributed by atoms with Gasteiger partial charge in [-0.1, -0.05) is 31.4 Å². The zero-order valence-corrected chi connectivity index (χ0v) is 9.96. The highest BCUT2D eigenvalue weighted by Gasteiger charge is 2.30. The Balaban J connectivity index is 1.91. The Hall–Kier alpha value is -1.32. The Labute approximate surface area is 104 Å². The van der Waals surface area contributed by atoms with E-state index in [1.54, 1.807) is 0 Å². The first-order chi connectivity index (χ1) is 8.45. The van der Waals surface area contributed by atoms with Gasteiger partial charge in [0, 0.05) is 12.8 Å². The highest BCUT2D eigenvalue weighted by atomic mass is 19.4. The van der Waals surface area contributed by atoms with E-state index in [1.807, 2.05) is 0 Å². The van der Waals surface area contributed by atoms with Gasteiger partial charge in [0.15, 0.2) is 0 Å². The van der Waals surface area contributed by atoms with Gasteiger partial charge in [-0.25, -0.2) is 0 Å². The fraction of sp³-hybridized carbons (Fsp3) is 0.500. The number of ketones is 1. The van der Waals surface area contributed by atoms with E-state index in [4.69, 9.17) is 0 Å². The molecular weight excluding hydrogens is 241 g/mol. The van der Waals surface area contributed by atoms with E-state index in [9.17, 15) is 18.0 Å². The molecule has 1 fully saturated rings. The molecule has 0 aromatic heterocycles. The zero-order valence-electron chi connectivity index (χ0n) is 9.96. The van der Waals surface area contributed by atoms with Crippen LogP contribution in [0.2, 0.25) is 0 Å². The quantitative estimate of drug-likeness (QED) is 0.795. The molecule has 0 unspecified atom stereocenters. The molecular formula is C14H15F3O. The van der Waals surface area contributed by atoms with E-state index in [0.717, 1.165) is 25.0 Å². The van der Waals surface area contributed by atoms with Crippen LogP contribution in [0.4, 0.5) is 13.2 Å². The molecule has 4 heteroatoms. The van der Waals surface area contributed by atoms with Crippen LogP contribution in [0.1, 0.15) is 36.8 Å². The van der Waals surface area contributed by atoms with Crippen molar-refractivity contribution in [1.29, 1.82) is 0 Å². The van der Waals surface area contributed by atoms with Gasteiger partial charge in [0.25, 0.3) is 0 Å². The average Bonchev–Trinajstić information content (AvgIpc) is 2.23. The lowest BCUT2D eigenvalue weighted by atomic mass is 9.81. The summed E-state index contributed by atoms with van der Waals surface area (Å²) in [7, 11) is 0. The molecule has 1 aromatic rings. The maximum atomic E-state index is 12.3. The van der Waals surface area contributed by atoms with Gasteiger partial charge in [0.1, 0.15) is 5.78 Å². The van der Waals surface area contributed by atoms with Crippen LogP contribution in [0.3, 0.4) is 0 Å². The molecule has 0 spiro atoms. The lowest BCUT2D eigenvalue weighted by Gasteiger charge is -2.24. The topological polar surface area (TPSA) is 17.1 Å². The van der Waals surface area contributed by atoms with E-state index in [0.29, 0.717) is 17.9 Å². The summed E-state index contributed by atoms with van der Waals surface area (Å²) >= 11 is 0. The monoisotopic (exact) mass is 256 g/mol. The number of carbonyl (C=O) groups is 1. The third-order valence-corrected chi connectivity index (χ3v) is 3.42. The molecule has 1 aromatic carbocycles. The molecule has 98 valence electrons. The lowest BCUT2D eigenvalue weighted by molar-refractivity contribution is -0.137. The first-order valence-corrected chi connectivity index (χ1v) is 6.13. The third-order valence-electron chi connectivity index (χ3n) is 3.42. The second kappa shape index (κ2) is 5.12. The SMILES string of the molecule is O=C(Cc1ccc(C(F)(F)F)cc1)CC1CCC1. The van der Waals surface area contributed by atoms with E-state index in [2.05, 4.69) is 0 Å². The summed E-state index contributed by atoms with van der Waals surface area (Å²) in [6.07, 6.45) is -0.0835. The molecule has 1 aliphatic carbocycles. The standard InChI is InChI=1S/C14H15F3O/c15-14(16,17)12-6-4-11(5-7-12)9-13(18)8-10-2-1-3-10/h4-7,10H,1-3,8-9H2. The minimum absolute atomic E-state index is 0.124. The number of alkyl halides is 3. The first kappa shape index (κ1) is 13.1. The van der Waals surface area contributed by atoms with Crippen molar-refractivity contribution in [3.8, 4) is 0 Å². The molecule has 0 bridgehead atoms. The summed E-state index contributed by atoms with van der Waals surface area (Å²) in [4.78, 5) is 11.7. The lowest BCUT2D eigenvalue weighted by Crippen LogP contribution is -2.17. The summed E-state index contributed by atoms with van der Waals surface area (Å²) in [6, 6.07) is 4.85. The second-order valence-electron chi connectivity index (χ2n) is 4.91. The molecule has 0 heterocycles. The van der Waals surface area contributed by atoms with Crippen molar-refractivity contribution in [2.24, 2.45) is 5.92 Å². The number of Topliss-reactive ketones (excluding diaryl/α,β-unsaturated/α-hetero) is 1. The predicted octanol–water partition coefficient (Wildman–Crippen LogP) is 4.01. The molecule has 0 aliphatic heterocycles. The van der Waals surface area contributed by atoms with Crippen LogP contribution in [0.5, 0.6) is 0 Å². The van der Waals surface area contributed by atoms with Crippen LogP contribution in [-0.4, -0.2) is 5.78 Å². The van der Waals surface area contributed by atoms with E-state index in [1.165, 1.54) is 18.6 Å². The molecule has 0 amide bonds. The van der Waals surface area contributed by atoms with Gasteiger partial charge in [0.05, 0.1) is 5.56 Å². The number of benzene rings is 1. The van der Waals surface area contributed by atoms with Gasteiger partial charge in [-0.2, -0.15) is 13.2 Å². The Morgan fingerprint density at radius 2 is 1.78 bits per heavy atom. The predicted molar refractivity (Wildman–Crippen MR) is 62.1 cm³/mol. The first-order valence-electron chi connectivity index (χ1n) is 6.13. The van der Waals surface area contributed by atoms with Gasteiger partial charge < -0.3 is 0 Å². The smallest absolute Gasteiger partial charge is 0.299 e. The van der Waals surface area contributed by atoms with Crippen molar-refractivity contribution >= 4 is 5.78 Å². The number of halogens is 3. The van der Waals surface area contributed by atoms with Crippen LogP contribution >= 0.6 is 0 Å². The number of rotatable bonds is 4. The van der Waals surface area contributed by atoms with Crippen molar-refractivity contribution in [3.63, 3.8) is 0 Å². The summed E-state index contributed by atoms with van der Waals surface area (Å²) in [5, 5.41) is 0. The van der Waals surface area contributed by atoms with Gasteiger partial charge in [-0.15, -0.1) is 0 Å². The van der Waals surface area contributed by atoms with E-state index in [-0.39, 0.29) is 12.2 Å². The summed E-state index contributed by atoms with van der Waals surface area (Å²) in [5.74, 6) is 0.631. The second-order valence-corrected chi connectivity index (χ2v) is 4.91. The molecule has 0 atom stereocenters. The van der Waals surface area contributed by atoms with Crippen LogP contribution < -0.4 is 0 Å². The largest absolute Gasteiger partial charge is 0.416 e. The summed E-state index contributed by atoms with van der Waals surface area (Å²) in [6.45, 7) is 0. The van der Waals surface area contributed by atoms with Crippen molar-refractivity contribution in [3.05, 3.63) is 35.4 Å². The Morgan fingerprint density at radius 3 is 2.22 bits per heavy atom. The van der Waals surface area contributed by atoms with Gasteiger partial charge >= 0.3 is 6.18 Å². The molecule has 0 saturated heterocycles. The van der Waals surface area contributed by atoms with Crippen LogP contribution in [0.15, 0.2) is 24.3 Å². The average molecular weight is 256 g/mol. The number of carbonyl (C=O) groups excluding carboxylic acids is 1. The fourth-order valence-corrected chi connectivity index (χ4v) is 2.13. The third kappa shape index (κ3) is 3.34. The molecule has 2 rings (SSSR count). The van der Waals surface area contributed by atoms with Gasteiger partial charge in [-0.3, -0.25) is 4.79 Å². The summed E-state index contributed by atoms with van der Waals surface area (Å²) < 4.78 is 37.0. The molecule has 18 heavy (non-hydrogen) atoms. The Bertz CT molecular complexity index is 416. The van der Waals surface area contributed by atoms with Crippen molar-refractivity contribution < 1.29 is 18.0 Å². The van der Waals surface area contributed by atoms with Crippen LogP contribution in [0, 0.1) is 5.92 Å². The van der Waals surface area contributed by atoms with Crippen molar-refractivity contribution in [2.75, 3.05) is 0 Å². The maximum absolute atomic E-state index is 12.3. The van der Waals surface area contributed by atoms with Gasteiger partial charge in [-0.05, 0) is 23.6 Å². The highest BCUT2D eigenvalue weighted by Crippen LogP contribution is 2.31. The van der Waals surface area contributed by atoms with Crippen LogP contribution in [-0.2, 0) is 17.4 Å². The van der Waals surface area contributed by atoms with Crippen LogP contribution in [0.25, 0.3) is 0 Å². The molecule has 0 N–H and O–H groups in total. The Morgan fingerprint density at radius 1 is 1.17 bits per heavy atom. The molecule has 1 aliphatic rings.